The van der Waals surface area contributed by atoms with Gasteiger partial charge in [0, 0.05) is 5.69 Å². The van der Waals surface area contributed by atoms with Crippen molar-refractivity contribution in [2.45, 2.75) is 32.6 Å². The predicted octanol–water partition coefficient (Wildman–Crippen LogP) is 2.38. The van der Waals surface area contributed by atoms with Gasteiger partial charge in [-0.05, 0) is 56.0 Å². The zero-order valence-electron chi connectivity index (χ0n) is 12.1. The fourth-order valence-corrected chi connectivity index (χ4v) is 4.14. The number of piperidine rings is 1. The number of benzene rings is 1. The maximum absolute atomic E-state index is 12.1. The second-order valence-electron chi connectivity index (χ2n) is 5.52. The van der Waals surface area contributed by atoms with Gasteiger partial charge in [-0.15, -0.1) is 0 Å². The third-order valence-corrected chi connectivity index (χ3v) is 5.14. The summed E-state index contributed by atoms with van der Waals surface area (Å²) in [7, 11) is -3.24. The van der Waals surface area contributed by atoms with Crippen molar-refractivity contribution < 1.29 is 8.42 Å². The van der Waals surface area contributed by atoms with Crippen LogP contribution in [0.25, 0.3) is 0 Å². The lowest BCUT2D eigenvalue weighted by molar-refractivity contribution is 0.402. The fourth-order valence-electron chi connectivity index (χ4n) is 2.61. The molecule has 1 aliphatic rings. The van der Waals surface area contributed by atoms with Crippen molar-refractivity contribution in [1.29, 1.82) is 0 Å². The van der Waals surface area contributed by atoms with E-state index in [1.807, 2.05) is 24.3 Å². The molecular formula is C15H24N2O2S. The lowest BCUT2D eigenvalue weighted by Crippen LogP contribution is -2.33. The van der Waals surface area contributed by atoms with Gasteiger partial charge in [-0.2, -0.15) is 0 Å². The number of rotatable bonds is 6. The zero-order chi connectivity index (χ0) is 14.4. The van der Waals surface area contributed by atoms with Gasteiger partial charge in [-0.3, -0.25) is 4.72 Å². The van der Waals surface area contributed by atoms with Crippen LogP contribution in [-0.4, -0.2) is 27.3 Å². The summed E-state index contributed by atoms with van der Waals surface area (Å²) in [4.78, 5) is 0. The Hall–Kier alpha value is -1.07. The number of nitrogens with one attached hydrogen (secondary N) is 2. The first-order valence-corrected chi connectivity index (χ1v) is 9.04. The van der Waals surface area contributed by atoms with Gasteiger partial charge in [0.1, 0.15) is 0 Å². The van der Waals surface area contributed by atoms with Crippen molar-refractivity contribution in [3.8, 4) is 0 Å². The third-order valence-electron chi connectivity index (χ3n) is 3.68. The Morgan fingerprint density at radius 2 is 1.85 bits per heavy atom. The van der Waals surface area contributed by atoms with Crippen LogP contribution in [0.1, 0.15) is 31.7 Å². The van der Waals surface area contributed by atoms with E-state index in [0.29, 0.717) is 5.69 Å². The maximum atomic E-state index is 12.1. The van der Waals surface area contributed by atoms with E-state index in [9.17, 15) is 8.42 Å². The molecule has 0 spiro atoms. The molecule has 1 aromatic rings. The van der Waals surface area contributed by atoms with Crippen LogP contribution in [0, 0.1) is 5.92 Å². The predicted molar refractivity (Wildman–Crippen MR) is 83.4 cm³/mol. The number of sulfonamides is 1. The molecule has 112 valence electrons. The van der Waals surface area contributed by atoms with Crippen molar-refractivity contribution in [3.05, 3.63) is 29.8 Å². The van der Waals surface area contributed by atoms with Gasteiger partial charge in [-0.1, -0.05) is 25.5 Å². The first-order chi connectivity index (χ1) is 9.59. The molecule has 0 atom stereocenters. The molecule has 2 N–H and O–H groups in total. The summed E-state index contributed by atoms with van der Waals surface area (Å²) in [5, 5.41) is 3.25. The Bertz CT molecular complexity index is 505. The molecule has 1 heterocycles. The lowest BCUT2D eigenvalue weighted by Gasteiger charge is -2.22. The molecule has 0 bridgehead atoms. The van der Waals surface area contributed by atoms with Crippen LogP contribution in [0.4, 0.5) is 5.69 Å². The molecule has 20 heavy (non-hydrogen) atoms. The fraction of sp³-hybridized carbons (Fsp3) is 0.600. The highest BCUT2D eigenvalue weighted by atomic mass is 32.2. The van der Waals surface area contributed by atoms with E-state index in [0.717, 1.165) is 38.8 Å². The van der Waals surface area contributed by atoms with Crippen molar-refractivity contribution in [1.82, 2.24) is 5.32 Å². The van der Waals surface area contributed by atoms with E-state index >= 15 is 0 Å². The van der Waals surface area contributed by atoms with Crippen molar-refractivity contribution >= 4 is 15.7 Å². The van der Waals surface area contributed by atoms with Gasteiger partial charge < -0.3 is 5.32 Å². The standard InChI is InChI=1S/C15H24N2O2S/c1-2-3-13-4-6-15(7-5-13)17-20(18,19)12-14-8-10-16-11-9-14/h4-7,14,16-17H,2-3,8-12H2,1H3. The van der Waals surface area contributed by atoms with Crippen LogP contribution in [0.5, 0.6) is 0 Å². The molecule has 1 fully saturated rings. The summed E-state index contributed by atoms with van der Waals surface area (Å²) < 4.78 is 27.0. The Balaban J connectivity index is 1.93. The number of anilines is 1. The van der Waals surface area contributed by atoms with E-state index < -0.39 is 10.0 Å². The highest BCUT2D eigenvalue weighted by Gasteiger charge is 2.21. The van der Waals surface area contributed by atoms with Crippen LogP contribution >= 0.6 is 0 Å². The van der Waals surface area contributed by atoms with Crippen LogP contribution in [-0.2, 0) is 16.4 Å². The Morgan fingerprint density at radius 1 is 1.20 bits per heavy atom. The molecule has 0 unspecified atom stereocenters. The van der Waals surface area contributed by atoms with Crippen LogP contribution in [0.15, 0.2) is 24.3 Å². The first kappa shape index (κ1) is 15.3. The molecule has 1 saturated heterocycles. The minimum atomic E-state index is -3.24. The van der Waals surface area contributed by atoms with Crippen LogP contribution in [0.2, 0.25) is 0 Å². The van der Waals surface area contributed by atoms with Gasteiger partial charge in [-0.25, -0.2) is 8.42 Å². The number of hydrogen-bond donors (Lipinski definition) is 2. The molecule has 0 amide bonds. The topological polar surface area (TPSA) is 58.2 Å². The first-order valence-electron chi connectivity index (χ1n) is 7.39. The quantitative estimate of drug-likeness (QED) is 0.847. The Morgan fingerprint density at radius 3 is 2.45 bits per heavy atom. The van der Waals surface area contributed by atoms with Crippen LogP contribution < -0.4 is 10.0 Å². The minimum Gasteiger partial charge on any atom is -0.317 e. The highest BCUT2D eigenvalue weighted by molar-refractivity contribution is 7.92. The molecule has 0 aliphatic carbocycles. The minimum absolute atomic E-state index is 0.228. The molecule has 4 nitrogen and oxygen atoms in total. The summed E-state index contributed by atoms with van der Waals surface area (Å²) >= 11 is 0. The lowest BCUT2D eigenvalue weighted by atomic mass is 10.0. The largest absolute Gasteiger partial charge is 0.317 e. The molecule has 0 radical (unpaired) electrons. The molecule has 0 saturated carbocycles. The van der Waals surface area contributed by atoms with Crippen molar-refractivity contribution in [2.24, 2.45) is 5.92 Å². The van der Waals surface area contributed by atoms with Crippen LogP contribution in [0.3, 0.4) is 0 Å². The average Bonchev–Trinajstić information content (AvgIpc) is 2.41. The molecule has 1 aromatic carbocycles. The smallest absolute Gasteiger partial charge is 0.232 e. The Kier molecular flexibility index (Phi) is 5.43. The van der Waals surface area contributed by atoms with Crippen molar-refractivity contribution in [2.75, 3.05) is 23.6 Å². The summed E-state index contributed by atoms with van der Waals surface area (Å²) in [5.74, 6) is 0.499. The number of aryl methyl sites for hydroxylation is 1. The van der Waals surface area contributed by atoms with E-state index in [1.165, 1.54) is 5.56 Å². The normalized spacial score (nSPS) is 17.1. The molecule has 1 aliphatic heterocycles. The number of hydrogen-bond acceptors (Lipinski definition) is 3. The second-order valence-corrected chi connectivity index (χ2v) is 7.29. The highest BCUT2D eigenvalue weighted by Crippen LogP contribution is 2.17. The molecule has 0 aromatic heterocycles. The van der Waals surface area contributed by atoms with Gasteiger partial charge in [0.2, 0.25) is 10.0 Å². The SMILES string of the molecule is CCCc1ccc(NS(=O)(=O)CC2CCNCC2)cc1. The molecule has 2 rings (SSSR count). The van der Waals surface area contributed by atoms with Gasteiger partial charge in [0.25, 0.3) is 0 Å². The average molecular weight is 296 g/mol. The summed E-state index contributed by atoms with van der Waals surface area (Å²) in [5.41, 5.74) is 1.91. The van der Waals surface area contributed by atoms with Crippen molar-refractivity contribution in [3.63, 3.8) is 0 Å². The Labute approximate surface area is 122 Å². The monoisotopic (exact) mass is 296 g/mol. The van der Waals surface area contributed by atoms with Gasteiger partial charge in [0.05, 0.1) is 5.75 Å². The van der Waals surface area contributed by atoms with E-state index in [4.69, 9.17) is 0 Å². The van der Waals surface area contributed by atoms with E-state index in [2.05, 4.69) is 17.0 Å². The van der Waals surface area contributed by atoms with Gasteiger partial charge >= 0.3 is 0 Å². The van der Waals surface area contributed by atoms with E-state index in [-0.39, 0.29) is 11.7 Å². The molecular weight excluding hydrogens is 272 g/mol. The zero-order valence-corrected chi connectivity index (χ0v) is 12.9. The maximum Gasteiger partial charge on any atom is 0.232 e. The summed E-state index contributed by atoms with van der Waals surface area (Å²) in [6, 6.07) is 7.69. The summed E-state index contributed by atoms with van der Waals surface area (Å²) in [6.45, 7) is 3.98. The summed E-state index contributed by atoms with van der Waals surface area (Å²) in [6.07, 6.45) is 4.01. The third kappa shape index (κ3) is 4.80. The molecule has 5 heteroatoms. The van der Waals surface area contributed by atoms with E-state index in [1.54, 1.807) is 0 Å². The second kappa shape index (κ2) is 7.09. The van der Waals surface area contributed by atoms with Gasteiger partial charge in [0.15, 0.2) is 0 Å².